The molecule has 1 atom stereocenters. The molecule has 134 valence electrons. The van der Waals surface area contributed by atoms with Crippen molar-refractivity contribution in [2.45, 2.75) is 12.5 Å². The van der Waals surface area contributed by atoms with Gasteiger partial charge in [0.2, 0.25) is 0 Å². The molecule has 26 heavy (non-hydrogen) atoms. The molecule has 0 saturated heterocycles. The molecule has 0 saturated carbocycles. The minimum Gasteiger partial charge on any atom is -0.394 e. The van der Waals surface area contributed by atoms with Gasteiger partial charge in [-0.15, -0.1) is 0 Å². The van der Waals surface area contributed by atoms with E-state index in [1.807, 2.05) is 30.3 Å². The standard InChI is InChI=1S/C19H19N3O3S/c1-22-9-13(17(20)24)8-15-16(11-26-19(15)22)18(25)21-14(10-23)7-12-5-3-2-4-6-12/h2-6,8-9,11,14,23H,7,10H2,1H3,(H2-,20,21,24,25)/p+1. The van der Waals surface area contributed by atoms with Gasteiger partial charge in [0, 0.05) is 5.38 Å². The number of aliphatic hydroxyl groups excluding tert-OH is 1. The molecule has 2 amide bonds. The second kappa shape index (κ2) is 7.63. The van der Waals surface area contributed by atoms with E-state index in [1.165, 1.54) is 11.3 Å². The lowest BCUT2D eigenvalue weighted by Crippen LogP contribution is -2.39. The topological polar surface area (TPSA) is 96.3 Å². The van der Waals surface area contributed by atoms with Crippen molar-refractivity contribution in [3.63, 3.8) is 0 Å². The van der Waals surface area contributed by atoms with E-state index in [4.69, 9.17) is 5.73 Å². The zero-order chi connectivity index (χ0) is 18.7. The molecule has 3 aromatic rings. The number of carbonyl (C=O) groups excluding carboxylic acids is 2. The van der Waals surface area contributed by atoms with Gasteiger partial charge in [-0.05, 0) is 18.1 Å². The zero-order valence-electron chi connectivity index (χ0n) is 14.3. The molecule has 0 aliphatic carbocycles. The number of hydrogen-bond donors (Lipinski definition) is 3. The Hall–Kier alpha value is -2.77. The summed E-state index contributed by atoms with van der Waals surface area (Å²) >= 11 is 1.42. The Morgan fingerprint density at radius 2 is 2.04 bits per heavy atom. The predicted molar refractivity (Wildman–Crippen MR) is 100 cm³/mol. The molecule has 0 spiro atoms. The number of nitrogens with zero attached hydrogens (tertiary/aromatic N) is 1. The smallest absolute Gasteiger partial charge is 0.269 e. The van der Waals surface area contributed by atoms with E-state index in [-0.39, 0.29) is 12.5 Å². The number of hydrogen-bond acceptors (Lipinski definition) is 4. The van der Waals surface area contributed by atoms with Crippen molar-refractivity contribution >= 4 is 33.4 Å². The lowest BCUT2D eigenvalue weighted by molar-refractivity contribution is -0.642. The molecule has 0 bridgehead atoms. The van der Waals surface area contributed by atoms with E-state index in [0.29, 0.717) is 22.9 Å². The van der Waals surface area contributed by atoms with Crippen LogP contribution in [0.3, 0.4) is 0 Å². The number of aliphatic hydroxyl groups is 1. The molecule has 2 heterocycles. The quantitative estimate of drug-likeness (QED) is 0.568. The number of amides is 2. The van der Waals surface area contributed by atoms with Crippen LogP contribution in [0.25, 0.3) is 10.2 Å². The fourth-order valence-corrected chi connectivity index (χ4v) is 3.84. The Morgan fingerprint density at radius 3 is 2.69 bits per heavy atom. The third-order valence-corrected chi connectivity index (χ3v) is 5.26. The van der Waals surface area contributed by atoms with Gasteiger partial charge >= 0.3 is 0 Å². The number of nitrogens with two attached hydrogens (primary N) is 1. The third-order valence-electron chi connectivity index (χ3n) is 4.17. The molecule has 0 aliphatic heterocycles. The Bertz CT molecular complexity index is 953. The lowest BCUT2D eigenvalue weighted by Gasteiger charge is -2.16. The van der Waals surface area contributed by atoms with Crippen LogP contribution in [-0.4, -0.2) is 29.6 Å². The van der Waals surface area contributed by atoms with Gasteiger partial charge in [-0.25, -0.2) is 0 Å². The summed E-state index contributed by atoms with van der Waals surface area (Å²) in [7, 11) is 1.80. The molecule has 6 nitrogen and oxygen atoms in total. The summed E-state index contributed by atoms with van der Waals surface area (Å²) in [5.41, 5.74) is 7.22. The Labute approximate surface area is 154 Å². The molecule has 2 aromatic heterocycles. The van der Waals surface area contributed by atoms with Crippen LogP contribution < -0.4 is 15.6 Å². The van der Waals surface area contributed by atoms with Crippen molar-refractivity contribution < 1.29 is 19.3 Å². The second-order valence-electron chi connectivity index (χ2n) is 6.11. The maximum atomic E-state index is 12.7. The van der Waals surface area contributed by atoms with Gasteiger partial charge in [0.15, 0.2) is 6.20 Å². The number of pyridine rings is 1. The van der Waals surface area contributed by atoms with Crippen LogP contribution in [0, 0.1) is 0 Å². The molecular formula is C19H20N3O3S+. The van der Waals surface area contributed by atoms with Gasteiger partial charge in [-0.3, -0.25) is 9.59 Å². The maximum Gasteiger partial charge on any atom is 0.269 e. The summed E-state index contributed by atoms with van der Waals surface area (Å²) in [5, 5.41) is 14.9. The number of nitrogens with one attached hydrogen (secondary N) is 1. The van der Waals surface area contributed by atoms with Gasteiger partial charge < -0.3 is 16.2 Å². The molecule has 7 heteroatoms. The van der Waals surface area contributed by atoms with E-state index < -0.39 is 11.9 Å². The Balaban J connectivity index is 1.86. The third kappa shape index (κ3) is 3.74. The zero-order valence-corrected chi connectivity index (χ0v) is 15.1. The van der Waals surface area contributed by atoms with Gasteiger partial charge in [-0.1, -0.05) is 41.7 Å². The Morgan fingerprint density at radius 1 is 1.31 bits per heavy atom. The minimum atomic E-state index is -0.544. The van der Waals surface area contributed by atoms with Crippen LogP contribution >= 0.6 is 11.3 Å². The van der Waals surface area contributed by atoms with Crippen LogP contribution in [0.15, 0.2) is 48.0 Å². The van der Waals surface area contributed by atoms with Crippen LogP contribution in [0.2, 0.25) is 0 Å². The summed E-state index contributed by atoms with van der Waals surface area (Å²) < 4.78 is 1.78. The van der Waals surface area contributed by atoms with Crippen molar-refractivity contribution in [3.8, 4) is 0 Å². The molecule has 1 unspecified atom stereocenters. The van der Waals surface area contributed by atoms with Gasteiger partial charge in [-0.2, -0.15) is 4.57 Å². The number of aromatic nitrogens is 1. The van der Waals surface area contributed by atoms with Crippen molar-refractivity contribution in [1.29, 1.82) is 0 Å². The average molecular weight is 370 g/mol. The first-order valence-corrected chi connectivity index (χ1v) is 9.04. The average Bonchev–Trinajstić information content (AvgIpc) is 3.06. The molecule has 0 fully saturated rings. The number of benzene rings is 1. The fraction of sp³-hybridized carbons (Fsp3) is 0.211. The van der Waals surface area contributed by atoms with Gasteiger partial charge in [0.1, 0.15) is 12.6 Å². The highest BCUT2D eigenvalue weighted by Crippen LogP contribution is 2.24. The first-order chi connectivity index (χ1) is 12.5. The van der Waals surface area contributed by atoms with Crippen molar-refractivity contribution in [3.05, 3.63) is 64.7 Å². The van der Waals surface area contributed by atoms with E-state index in [2.05, 4.69) is 5.32 Å². The molecular weight excluding hydrogens is 350 g/mol. The predicted octanol–water partition coefficient (Wildman–Crippen LogP) is 1.16. The molecule has 4 N–H and O–H groups in total. The fourth-order valence-electron chi connectivity index (χ4n) is 2.86. The van der Waals surface area contributed by atoms with E-state index in [1.54, 1.807) is 29.3 Å². The monoisotopic (exact) mass is 370 g/mol. The number of primary amides is 1. The van der Waals surface area contributed by atoms with Crippen LogP contribution in [0.4, 0.5) is 0 Å². The lowest BCUT2D eigenvalue weighted by atomic mass is 10.1. The minimum absolute atomic E-state index is 0.164. The first-order valence-electron chi connectivity index (χ1n) is 8.16. The number of rotatable bonds is 6. The van der Waals surface area contributed by atoms with E-state index in [0.717, 1.165) is 10.4 Å². The Kier molecular flexibility index (Phi) is 5.29. The van der Waals surface area contributed by atoms with Crippen LogP contribution in [0.5, 0.6) is 0 Å². The molecule has 3 rings (SSSR count). The summed E-state index contributed by atoms with van der Waals surface area (Å²) in [5.74, 6) is -0.828. The maximum absolute atomic E-state index is 12.7. The molecule has 0 aliphatic rings. The number of fused-ring (bicyclic) bond motifs is 1. The van der Waals surface area contributed by atoms with Crippen molar-refractivity contribution in [1.82, 2.24) is 5.32 Å². The van der Waals surface area contributed by atoms with Gasteiger partial charge in [0.05, 0.1) is 23.6 Å². The first kappa shape index (κ1) is 18.0. The second-order valence-corrected chi connectivity index (χ2v) is 6.97. The highest BCUT2D eigenvalue weighted by molar-refractivity contribution is 7.16. The van der Waals surface area contributed by atoms with Crippen molar-refractivity contribution in [2.24, 2.45) is 12.8 Å². The SMILES string of the molecule is C[n+]1cc(C(N)=O)cc2c(C(=O)NC(CO)Cc3ccccc3)csc21. The summed E-state index contributed by atoms with van der Waals surface area (Å²) in [6.45, 7) is -0.164. The van der Waals surface area contributed by atoms with Crippen LogP contribution in [-0.2, 0) is 13.5 Å². The molecule has 0 radical (unpaired) electrons. The highest BCUT2D eigenvalue weighted by Gasteiger charge is 2.22. The van der Waals surface area contributed by atoms with Crippen LogP contribution in [0.1, 0.15) is 26.3 Å². The van der Waals surface area contributed by atoms with Gasteiger partial charge in [0.25, 0.3) is 16.6 Å². The summed E-state index contributed by atoms with van der Waals surface area (Å²) in [6.07, 6.45) is 2.18. The van der Waals surface area contributed by atoms with Crippen molar-refractivity contribution in [2.75, 3.05) is 6.61 Å². The van der Waals surface area contributed by atoms with E-state index in [9.17, 15) is 14.7 Å². The summed E-state index contributed by atoms with van der Waals surface area (Å²) in [4.78, 5) is 25.1. The number of thiophene rings is 1. The number of carbonyl (C=O) groups is 2. The van der Waals surface area contributed by atoms with E-state index >= 15 is 0 Å². The largest absolute Gasteiger partial charge is 0.394 e. The highest BCUT2D eigenvalue weighted by atomic mass is 32.1. The normalized spacial score (nSPS) is 12.1. The summed E-state index contributed by atoms with van der Waals surface area (Å²) in [6, 6.07) is 10.9. The molecule has 1 aromatic carbocycles. The number of aryl methyl sites for hydroxylation is 1.